The number of ether oxygens (including phenoxy) is 3. The van der Waals surface area contributed by atoms with Crippen LogP contribution in [0.5, 0.6) is 11.5 Å². The lowest BCUT2D eigenvalue weighted by atomic mass is 9.86. The second-order valence-electron chi connectivity index (χ2n) is 18.3. The number of carbonyl (C=O) groups excluding carboxylic acids is 3. The van der Waals surface area contributed by atoms with Gasteiger partial charge in [-0.05, 0) is 108 Å². The summed E-state index contributed by atoms with van der Waals surface area (Å²) in [7, 11) is 1.64. The zero-order chi connectivity index (χ0) is 41.8. The van der Waals surface area contributed by atoms with E-state index < -0.39 is 11.9 Å². The largest absolute Gasteiger partial charge is 0.494 e. The molecule has 1 atom stereocenters. The fourth-order valence-electron chi connectivity index (χ4n) is 10.2. The molecule has 4 aliphatic heterocycles. The maximum Gasteiger partial charge on any atom is 0.255 e. The van der Waals surface area contributed by atoms with Crippen molar-refractivity contribution in [2.75, 3.05) is 62.7 Å². The van der Waals surface area contributed by atoms with Crippen molar-refractivity contribution in [2.24, 2.45) is 5.92 Å². The fourth-order valence-corrected chi connectivity index (χ4v) is 10.2. The Morgan fingerprint density at radius 1 is 0.852 bits per heavy atom. The van der Waals surface area contributed by atoms with Crippen molar-refractivity contribution < 1.29 is 28.6 Å². The molecule has 6 aliphatic rings. The highest BCUT2D eigenvalue weighted by atomic mass is 16.5. The number of methoxy groups -OCH3 is 1. The van der Waals surface area contributed by atoms with Crippen LogP contribution < -0.4 is 24.6 Å². The van der Waals surface area contributed by atoms with Crippen molar-refractivity contribution >= 4 is 40.1 Å². The third-order valence-corrected chi connectivity index (χ3v) is 13.9. The van der Waals surface area contributed by atoms with Crippen LogP contribution >= 0.6 is 0 Å². The van der Waals surface area contributed by atoms with Crippen LogP contribution in [0.25, 0.3) is 22.3 Å². The van der Waals surface area contributed by atoms with Crippen LogP contribution in [0.1, 0.15) is 92.9 Å². The van der Waals surface area contributed by atoms with Crippen molar-refractivity contribution in [1.82, 2.24) is 35.3 Å². The third kappa shape index (κ3) is 8.14. The first-order valence-electron chi connectivity index (χ1n) is 22.3. The lowest BCUT2D eigenvalue weighted by Gasteiger charge is -2.40. The van der Waals surface area contributed by atoms with Crippen LogP contribution in [0.2, 0.25) is 0 Å². The smallest absolute Gasteiger partial charge is 0.255 e. The number of hydrogen-bond donors (Lipinski definition) is 2. The van der Waals surface area contributed by atoms with E-state index in [2.05, 4.69) is 49.3 Å². The summed E-state index contributed by atoms with van der Waals surface area (Å²) in [6.07, 6.45) is 9.77. The molecule has 2 aromatic heterocycles. The molecule has 6 heterocycles. The molecule has 3 amide bonds. The number of hydrogen-bond acceptors (Lipinski definition) is 12. The van der Waals surface area contributed by atoms with E-state index in [1.54, 1.807) is 12.0 Å². The van der Waals surface area contributed by atoms with E-state index in [0.29, 0.717) is 36.3 Å². The Hall–Kier alpha value is -5.28. The highest BCUT2D eigenvalue weighted by molar-refractivity contribution is 6.06. The molecule has 0 spiro atoms. The standard InChI is InChI=1S/C46H57N9O6/c1-28-47-37(42-34-24-32(61-46(2)16-17-46)8-10-36(34)50-51-42)25-40(48-28)54-22-20-52(21-23-54)26-29-4-6-30(7-5-29)60-31-14-18-53(19-15-31)38-11-9-33-35(43(38)59-3)27-55(45(33)58)39-12-13-41(56)49-44(39)57/h8-11,24-25,29-31,39H,4-7,12-23,26-27H2,1-3H3,(H,50,51)(H,49,56,57). The lowest BCUT2D eigenvalue weighted by molar-refractivity contribution is -0.136. The summed E-state index contributed by atoms with van der Waals surface area (Å²) >= 11 is 0. The number of aromatic nitrogens is 4. The predicted molar refractivity (Wildman–Crippen MR) is 230 cm³/mol. The molecule has 2 N–H and O–H groups in total. The van der Waals surface area contributed by atoms with E-state index in [-0.39, 0.29) is 29.9 Å². The predicted octanol–water partition coefficient (Wildman–Crippen LogP) is 5.40. The van der Waals surface area contributed by atoms with E-state index in [1.807, 2.05) is 31.2 Å². The molecule has 0 bridgehead atoms. The second kappa shape index (κ2) is 16.2. The molecule has 10 rings (SSSR count). The number of benzene rings is 2. The quantitative estimate of drug-likeness (QED) is 0.186. The van der Waals surface area contributed by atoms with Gasteiger partial charge in [0.05, 0.1) is 42.8 Å². The number of amides is 3. The van der Waals surface area contributed by atoms with Gasteiger partial charge in [-0.25, -0.2) is 9.97 Å². The molecule has 3 saturated heterocycles. The molecule has 5 fully saturated rings. The molecule has 2 aliphatic carbocycles. The number of anilines is 2. The number of rotatable bonds is 11. The summed E-state index contributed by atoms with van der Waals surface area (Å²) in [4.78, 5) is 56.3. The minimum Gasteiger partial charge on any atom is -0.494 e. The van der Waals surface area contributed by atoms with Crippen molar-refractivity contribution in [3.05, 3.63) is 53.3 Å². The number of piperidine rings is 2. The number of aromatic amines is 1. The van der Waals surface area contributed by atoms with Gasteiger partial charge in [-0.3, -0.25) is 29.7 Å². The number of H-pyrrole nitrogens is 1. The minimum atomic E-state index is -0.652. The van der Waals surface area contributed by atoms with Gasteiger partial charge in [0.15, 0.2) is 0 Å². The number of carbonyl (C=O) groups is 3. The second-order valence-corrected chi connectivity index (χ2v) is 18.3. The molecule has 322 valence electrons. The molecule has 15 heteroatoms. The molecule has 4 aromatic rings. The zero-order valence-electron chi connectivity index (χ0n) is 35.6. The summed E-state index contributed by atoms with van der Waals surface area (Å²) in [5.74, 6) is 3.07. The molecule has 15 nitrogen and oxygen atoms in total. The van der Waals surface area contributed by atoms with Gasteiger partial charge in [-0.15, -0.1) is 0 Å². The summed E-state index contributed by atoms with van der Waals surface area (Å²) in [6.45, 7) is 11.1. The van der Waals surface area contributed by atoms with E-state index in [9.17, 15) is 14.4 Å². The maximum absolute atomic E-state index is 13.4. The number of aryl methyl sites for hydroxylation is 1. The molecular formula is C46H57N9O6. The maximum atomic E-state index is 13.4. The fraction of sp³-hybridized carbons (Fsp3) is 0.565. The highest BCUT2D eigenvalue weighted by Crippen LogP contribution is 2.43. The lowest BCUT2D eigenvalue weighted by Crippen LogP contribution is -2.52. The number of nitrogens with zero attached hydrogens (tertiary/aromatic N) is 7. The highest BCUT2D eigenvalue weighted by Gasteiger charge is 2.42. The van der Waals surface area contributed by atoms with Crippen molar-refractivity contribution in [3.8, 4) is 22.9 Å². The van der Waals surface area contributed by atoms with Crippen LogP contribution in [0.3, 0.4) is 0 Å². The average Bonchev–Trinajstić information content (AvgIpc) is 3.68. The van der Waals surface area contributed by atoms with E-state index in [1.165, 1.54) is 12.8 Å². The van der Waals surface area contributed by atoms with Crippen LogP contribution in [0, 0.1) is 12.8 Å². The number of fused-ring (bicyclic) bond motifs is 2. The first kappa shape index (κ1) is 39.8. The average molecular weight is 832 g/mol. The van der Waals surface area contributed by atoms with Gasteiger partial charge in [-0.2, -0.15) is 5.10 Å². The SMILES string of the molecule is COc1c(N2CCC(OC3CCC(CN4CCN(c5cc(-c6n[nH]c7ccc(OC8(C)CC8)cc67)nc(C)n5)CC4)CC3)CC2)ccc2c1CN(C1CCC(=O)NC1=O)C2=O. The van der Waals surface area contributed by atoms with E-state index >= 15 is 0 Å². The molecule has 0 radical (unpaired) electrons. The molecule has 2 saturated carbocycles. The van der Waals surface area contributed by atoms with Crippen LogP contribution in [0.4, 0.5) is 11.5 Å². The number of imide groups is 1. The number of nitrogens with one attached hydrogen (secondary N) is 2. The first-order chi connectivity index (χ1) is 29.6. The van der Waals surface area contributed by atoms with Crippen molar-refractivity contribution in [3.63, 3.8) is 0 Å². The zero-order valence-corrected chi connectivity index (χ0v) is 35.6. The number of piperazine rings is 1. The van der Waals surface area contributed by atoms with Crippen molar-refractivity contribution in [1.29, 1.82) is 0 Å². The Bertz CT molecular complexity index is 2320. The minimum absolute atomic E-state index is 0.0461. The van der Waals surface area contributed by atoms with Gasteiger partial charge in [0, 0.05) is 74.8 Å². The monoisotopic (exact) mass is 831 g/mol. The van der Waals surface area contributed by atoms with Gasteiger partial charge in [-0.1, -0.05) is 0 Å². The summed E-state index contributed by atoms with van der Waals surface area (Å²) < 4.78 is 18.9. The summed E-state index contributed by atoms with van der Waals surface area (Å²) in [5.41, 5.74) is 4.93. The van der Waals surface area contributed by atoms with E-state index in [0.717, 1.165) is 135 Å². The van der Waals surface area contributed by atoms with Gasteiger partial charge >= 0.3 is 0 Å². The van der Waals surface area contributed by atoms with Gasteiger partial charge < -0.3 is 28.9 Å². The van der Waals surface area contributed by atoms with E-state index in [4.69, 9.17) is 24.2 Å². The van der Waals surface area contributed by atoms with Crippen LogP contribution in [-0.2, 0) is 20.9 Å². The summed E-state index contributed by atoms with van der Waals surface area (Å²) in [6, 6.07) is 11.4. The summed E-state index contributed by atoms with van der Waals surface area (Å²) in [5, 5.41) is 11.2. The first-order valence-corrected chi connectivity index (χ1v) is 22.3. The van der Waals surface area contributed by atoms with Crippen molar-refractivity contribution in [2.45, 2.75) is 108 Å². The third-order valence-electron chi connectivity index (χ3n) is 13.9. The molecule has 1 unspecified atom stereocenters. The Morgan fingerprint density at radius 3 is 2.36 bits per heavy atom. The Morgan fingerprint density at radius 2 is 1.62 bits per heavy atom. The molecule has 61 heavy (non-hydrogen) atoms. The Kier molecular flexibility index (Phi) is 10.6. The topological polar surface area (TPSA) is 158 Å². The van der Waals surface area contributed by atoms with Crippen LogP contribution in [-0.4, -0.2) is 124 Å². The Balaban J connectivity index is 0.681. The molecule has 2 aromatic carbocycles. The van der Waals surface area contributed by atoms with Gasteiger partial charge in [0.2, 0.25) is 11.8 Å². The van der Waals surface area contributed by atoms with Crippen LogP contribution in [0.15, 0.2) is 36.4 Å². The molecular weight excluding hydrogens is 775 g/mol. The normalized spacial score (nSPS) is 24.6. The van der Waals surface area contributed by atoms with Gasteiger partial charge in [0.1, 0.15) is 40.5 Å². The Labute approximate surface area is 356 Å². The van der Waals surface area contributed by atoms with Gasteiger partial charge in [0.25, 0.3) is 5.91 Å².